The molecule has 1 aromatic heterocycles. The maximum atomic E-state index is 5.89. The minimum atomic E-state index is 0.454. The largest absolute Gasteiger partial charge is 0.493 e. The number of ether oxygens (including phenoxy) is 3. The monoisotopic (exact) mass is 335 g/mol. The Morgan fingerprint density at radius 3 is 2.08 bits per heavy atom. The highest BCUT2D eigenvalue weighted by molar-refractivity contribution is 5.67. The average molecular weight is 335 g/mol. The maximum Gasteiger partial charge on any atom is 0.226 e. The van der Waals surface area contributed by atoms with Crippen LogP contribution in [0.1, 0.15) is 5.56 Å². The van der Waals surface area contributed by atoms with E-state index in [0.29, 0.717) is 28.9 Å². The fraction of sp³-hybridized carbons (Fsp3) is 0.150. The van der Waals surface area contributed by atoms with E-state index in [1.807, 2.05) is 24.3 Å². The van der Waals surface area contributed by atoms with E-state index in [-0.39, 0.29) is 0 Å². The topological polar surface area (TPSA) is 53.7 Å². The van der Waals surface area contributed by atoms with Crippen LogP contribution in [0.4, 0.5) is 0 Å². The molecule has 25 heavy (non-hydrogen) atoms. The molecule has 0 saturated carbocycles. The summed E-state index contributed by atoms with van der Waals surface area (Å²) in [6, 6.07) is 11.1. The Bertz CT molecular complexity index is 895. The summed E-state index contributed by atoms with van der Waals surface area (Å²) in [7, 11) is 4.69. The van der Waals surface area contributed by atoms with Crippen molar-refractivity contribution >= 4 is 0 Å². The van der Waals surface area contributed by atoms with Gasteiger partial charge in [0.2, 0.25) is 11.6 Å². The number of terminal acetylenes is 1. The van der Waals surface area contributed by atoms with Gasteiger partial charge < -0.3 is 18.6 Å². The van der Waals surface area contributed by atoms with E-state index in [4.69, 9.17) is 25.1 Å². The van der Waals surface area contributed by atoms with Crippen LogP contribution in [-0.4, -0.2) is 26.3 Å². The van der Waals surface area contributed by atoms with Crippen LogP contribution in [-0.2, 0) is 0 Å². The first-order valence-corrected chi connectivity index (χ1v) is 7.53. The van der Waals surface area contributed by atoms with Crippen molar-refractivity contribution in [3.8, 4) is 52.4 Å². The molecular weight excluding hydrogens is 318 g/mol. The summed E-state index contributed by atoms with van der Waals surface area (Å²) in [5, 5.41) is 0. The Labute approximate surface area is 146 Å². The number of oxazole rings is 1. The van der Waals surface area contributed by atoms with E-state index >= 15 is 0 Å². The summed E-state index contributed by atoms with van der Waals surface area (Å²) >= 11 is 0. The summed E-state index contributed by atoms with van der Waals surface area (Å²) in [6.45, 7) is 0. The molecule has 5 nitrogen and oxygen atoms in total. The lowest BCUT2D eigenvalue weighted by atomic mass is 10.1. The van der Waals surface area contributed by atoms with Crippen LogP contribution in [0.5, 0.6) is 17.2 Å². The van der Waals surface area contributed by atoms with E-state index in [2.05, 4.69) is 10.9 Å². The Kier molecular flexibility index (Phi) is 4.62. The van der Waals surface area contributed by atoms with Gasteiger partial charge in [0.25, 0.3) is 0 Å². The molecule has 0 bridgehead atoms. The van der Waals surface area contributed by atoms with Crippen LogP contribution in [0, 0.1) is 12.3 Å². The number of nitrogens with zero attached hydrogens (tertiary/aromatic N) is 1. The van der Waals surface area contributed by atoms with Gasteiger partial charge >= 0.3 is 0 Å². The van der Waals surface area contributed by atoms with Crippen molar-refractivity contribution in [3.63, 3.8) is 0 Å². The van der Waals surface area contributed by atoms with Gasteiger partial charge in [-0.1, -0.05) is 5.92 Å². The fourth-order valence-corrected chi connectivity index (χ4v) is 2.48. The van der Waals surface area contributed by atoms with Crippen molar-refractivity contribution in [2.75, 3.05) is 21.3 Å². The molecule has 0 saturated heterocycles. The number of benzene rings is 2. The smallest absolute Gasteiger partial charge is 0.226 e. The minimum Gasteiger partial charge on any atom is -0.493 e. The van der Waals surface area contributed by atoms with Crippen LogP contribution >= 0.6 is 0 Å². The molecule has 0 aliphatic carbocycles. The zero-order valence-electron chi connectivity index (χ0n) is 14.2. The van der Waals surface area contributed by atoms with Gasteiger partial charge in [0.05, 0.1) is 27.5 Å². The Hall–Kier alpha value is -3.39. The highest BCUT2D eigenvalue weighted by atomic mass is 16.5. The predicted octanol–water partition coefficient (Wildman–Crippen LogP) is 4.02. The van der Waals surface area contributed by atoms with Gasteiger partial charge in [0.15, 0.2) is 17.3 Å². The first kappa shape index (κ1) is 16.5. The molecular formula is C20H17NO4. The summed E-state index contributed by atoms with van der Waals surface area (Å²) in [5.41, 5.74) is 2.43. The highest BCUT2D eigenvalue weighted by Crippen LogP contribution is 2.41. The third kappa shape index (κ3) is 3.15. The quantitative estimate of drug-likeness (QED) is 0.659. The molecule has 0 atom stereocenters. The first-order chi connectivity index (χ1) is 12.2. The molecule has 0 N–H and O–H groups in total. The number of hydrogen-bond acceptors (Lipinski definition) is 5. The van der Waals surface area contributed by atoms with Crippen LogP contribution in [0.25, 0.3) is 22.8 Å². The molecule has 0 aliphatic heterocycles. The molecule has 3 aromatic rings. The number of hydrogen-bond donors (Lipinski definition) is 0. The van der Waals surface area contributed by atoms with Gasteiger partial charge in [-0.15, -0.1) is 6.42 Å². The second-order valence-electron chi connectivity index (χ2n) is 5.17. The van der Waals surface area contributed by atoms with Gasteiger partial charge in [0, 0.05) is 16.7 Å². The molecule has 0 radical (unpaired) electrons. The third-order valence-corrected chi connectivity index (χ3v) is 3.75. The second-order valence-corrected chi connectivity index (χ2v) is 5.17. The molecule has 1 heterocycles. The van der Waals surface area contributed by atoms with Crippen molar-refractivity contribution in [3.05, 3.63) is 48.2 Å². The minimum absolute atomic E-state index is 0.454. The van der Waals surface area contributed by atoms with E-state index in [0.717, 1.165) is 16.7 Å². The molecule has 0 unspecified atom stereocenters. The SMILES string of the molecule is C#Cc1ccc(-c2cnc(-c3cc(OC)c(OC)c(OC)c3)o2)cc1. The van der Waals surface area contributed by atoms with Crippen LogP contribution < -0.4 is 14.2 Å². The lowest BCUT2D eigenvalue weighted by Gasteiger charge is -2.12. The van der Waals surface area contributed by atoms with E-state index < -0.39 is 0 Å². The predicted molar refractivity (Wildman–Crippen MR) is 95.0 cm³/mol. The molecule has 2 aromatic carbocycles. The van der Waals surface area contributed by atoms with E-state index in [1.54, 1.807) is 39.7 Å². The van der Waals surface area contributed by atoms with E-state index in [9.17, 15) is 0 Å². The second kappa shape index (κ2) is 7.02. The third-order valence-electron chi connectivity index (χ3n) is 3.75. The van der Waals surface area contributed by atoms with Crippen molar-refractivity contribution in [1.29, 1.82) is 0 Å². The van der Waals surface area contributed by atoms with Crippen LogP contribution in [0.3, 0.4) is 0 Å². The summed E-state index contributed by atoms with van der Waals surface area (Å²) in [4.78, 5) is 4.35. The highest BCUT2D eigenvalue weighted by Gasteiger charge is 2.17. The van der Waals surface area contributed by atoms with Crippen molar-refractivity contribution in [2.24, 2.45) is 0 Å². The molecule has 0 aliphatic rings. The average Bonchev–Trinajstić information content (AvgIpc) is 3.17. The van der Waals surface area contributed by atoms with E-state index in [1.165, 1.54) is 0 Å². The van der Waals surface area contributed by atoms with Gasteiger partial charge in [-0.3, -0.25) is 0 Å². The van der Waals surface area contributed by atoms with Gasteiger partial charge in [0.1, 0.15) is 0 Å². The maximum absolute atomic E-state index is 5.89. The van der Waals surface area contributed by atoms with Gasteiger partial charge in [-0.05, 0) is 36.4 Å². The number of aromatic nitrogens is 1. The first-order valence-electron chi connectivity index (χ1n) is 7.53. The fourth-order valence-electron chi connectivity index (χ4n) is 2.48. The molecule has 3 rings (SSSR count). The lowest BCUT2D eigenvalue weighted by Crippen LogP contribution is -1.95. The van der Waals surface area contributed by atoms with Gasteiger partial charge in [-0.25, -0.2) is 4.98 Å². The summed E-state index contributed by atoms with van der Waals surface area (Å²) < 4.78 is 21.9. The summed E-state index contributed by atoms with van der Waals surface area (Å²) in [5.74, 6) is 5.28. The Balaban J connectivity index is 2.00. The molecule has 5 heteroatoms. The molecule has 0 fully saturated rings. The number of rotatable bonds is 5. The van der Waals surface area contributed by atoms with Gasteiger partial charge in [-0.2, -0.15) is 0 Å². The standard InChI is InChI=1S/C20H17NO4/c1-5-13-6-8-14(9-7-13)18-12-21-20(25-18)15-10-16(22-2)19(24-4)17(11-15)23-3/h1,6-12H,2-4H3. The zero-order chi connectivity index (χ0) is 17.8. The van der Waals surface area contributed by atoms with Crippen LogP contribution in [0.15, 0.2) is 47.0 Å². The normalized spacial score (nSPS) is 10.2. The van der Waals surface area contributed by atoms with Crippen molar-refractivity contribution in [2.45, 2.75) is 0 Å². The summed E-state index contributed by atoms with van der Waals surface area (Å²) in [6.07, 6.45) is 7.05. The molecule has 0 amide bonds. The zero-order valence-corrected chi connectivity index (χ0v) is 14.2. The van der Waals surface area contributed by atoms with Crippen molar-refractivity contribution in [1.82, 2.24) is 4.98 Å². The Morgan fingerprint density at radius 1 is 0.920 bits per heavy atom. The number of methoxy groups -OCH3 is 3. The Morgan fingerprint density at radius 2 is 1.56 bits per heavy atom. The van der Waals surface area contributed by atoms with Crippen molar-refractivity contribution < 1.29 is 18.6 Å². The lowest BCUT2D eigenvalue weighted by molar-refractivity contribution is 0.324. The molecule has 0 spiro atoms. The molecule has 126 valence electrons. The van der Waals surface area contributed by atoms with Crippen LogP contribution in [0.2, 0.25) is 0 Å².